The topological polar surface area (TPSA) is 57.6 Å². The molecular formula is C13H15NO3. The molecule has 2 unspecified atom stereocenters. The van der Waals surface area contributed by atoms with Crippen molar-refractivity contribution in [2.24, 2.45) is 0 Å². The van der Waals surface area contributed by atoms with Crippen LogP contribution in [-0.2, 0) is 9.59 Å². The number of hydrogen-bond acceptors (Lipinski definition) is 4. The summed E-state index contributed by atoms with van der Waals surface area (Å²) in [5, 5.41) is 9.80. The highest BCUT2D eigenvalue weighted by Crippen LogP contribution is 2.29. The number of rotatable bonds is 2. The van der Waals surface area contributed by atoms with E-state index >= 15 is 0 Å². The van der Waals surface area contributed by atoms with Gasteiger partial charge in [0.2, 0.25) is 11.6 Å². The van der Waals surface area contributed by atoms with Gasteiger partial charge in [-0.2, -0.15) is 0 Å². The SMILES string of the molecule is CN(c1ccccc1)C1CC(C)(O)C(=O)C1=O. The summed E-state index contributed by atoms with van der Waals surface area (Å²) >= 11 is 0. The second-order valence-electron chi connectivity index (χ2n) is 4.63. The fourth-order valence-corrected chi connectivity index (χ4v) is 2.13. The Kier molecular flexibility index (Phi) is 2.75. The van der Waals surface area contributed by atoms with Gasteiger partial charge in [-0.3, -0.25) is 9.59 Å². The van der Waals surface area contributed by atoms with Crippen LogP contribution >= 0.6 is 0 Å². The molecule has 90 valence electrons. The Morgan fingerprint density at radius 2 is 1.88 bits per heavy atom. The Hall–Kier alpha value is -1.68. The number of aliphatic hydroxyl groups is 1. The Labute approximate surface area is 99.9 Å². The third kappa shape index (κ3) is 1.96. The maximum Gasteiger partial charge on any atom is 0.231 e. The molecule has 2 atom stereocenters. The van der Waals surface area contributed by atoms with Gasteiger partial charge >= 0.3 is 0 Å². The molecule has 1 N–H and O–H groups in total. The predicted molar refractivity (Wildman–Crippen MR) is 63.9 cm³/mol. The number of ketones is 2. The van der Waals surface area contributed by atoms with E-state index in [1.807, 2.05) is 30.3 Å². The Balaban J connectivity index is 2.26. The Morgan fingerprint density at radius 3 is 2.35 bits per heavy atom. The zero-order valence-electron chi connectivity index (χ0n) is 9.88. The third-order valence-corrected chi connectivity index (χ3v) is 3.24. The van der Waals surface area contributed by atoms with Gasteiger partial charge in [0.15, 0.2) is 0 Å². The van der Waals surface area contributed by atoms with Crippen LogP contribution in [0.5, 0.6) is 0 Å². The minimum atomic E-state index is -1.52. The molecule has 2 rings (SSSR count). The first-order valence-electron chi connectivity index (χ1n) is 5.52. The molecule has 0 heterocycles. The second kappa shape index (κ2) is 3.96. The van der Waals surface area contributed by atoms with E-state index in [4.69, 9.17) is 0 Å². The van der Waals surface area contributed by atoms with Crippen LogP contribution in [0.25, 0.3) is 0 Å². The number of anilines is 1. The van der Waals surface area contributed by atoms with E-state index in [0.717, 1.165) is 5.69 Å². The Morgan fingerprint density at radius 1 is 1.29 bits per heavy atom. The quantitative estimate of drug-likeness (QED) is 0.767. The maximum atomic E-state index is 11.8. The van der Waals surface area contributed by atoms with Gasteiger partial charge in [-0.15, -0.1) is 0 Å². The molecule has 0 bridgehead atoms. The molecule has 0 aliphatic heterocycles. The molecule has 1 saturated carbocycles. The van der Waals surface area contributed by atoms with Crippen LogP contribution in [0.15, 0.2) is 30.3 Å². The summed E-state index contributed by atoms with van der Waals surface area (Å²) in [6, 6.07) is 8.78. The minimum absolute atomic E-state index is 0.149. The highest BCUT2D eigenvalue weighted by molar-refractivity contribution is 6.44. The molecule has 0 aromatic heterocycles. The summed E-state index contributed by atoms with van der Waals surface area (Å²) in [4.78, 5) is 25.1. The first kappa shape index (κ1) is 11.8. The van der Waals surface area contributed by atoms with Crippen molar-refractivity contribution in [2.45, 2.75) is 25.0 Å². The van der Waals surface area contributed by atoms with E-state index in [1.54, 1.807) is 11.9 Å². The first-order valence-corrected chi connectivity index (χ1v) is 5.52. The standard InChI is InChI=1S/C13H15NO3/c1-13(17)8-10(11(15)12(13)16)14(2)9-6-4-3-5-7-9/h3-7,10,17H,8H2,1-2H3. The van der Waals surface area contributed by atoms with Gasteiger partial charge in [-0.25, -0.2) is 0 Å². The number of likely N-dealkylation sites (N-methyl/N-ethyl adjacent to an activating group) is 1. The van der Waals surface area contributed by atoms with Crippen molar-refractivity contribution >= 4 is 17.3 Å². The molecule has 17 heavy (non-hydrogen) atoms. The molecule has 1 fully saturated rings. The van der Waals surface area contributed by atoms with E-state index < -0.39 is 23.2 Å². The lowest BCUT2D eigenvalue weighted by Gasteiger charge is -2.25. The number of nitrogens with zero attached hydrogens (tertiary/aromatic N) is 1. The summed E-state index contributed by atoms with van der Waals surface area (Å²) in [6.07, 6.45) is 0.149. The molecule has 1 aliphatic rings. The molecule has 1 aliphatic carbocycles. The lowest BCUT2D eigenvalue weighted by Crippen LogP contribution is -2.36. The number of carbonyl (C=O) groups excluding carboxylic acids is 2. The first-order chi connectivity index (χ1) is 7.93. The van der Waals surface area contributed by atoms with E-state index in [2.05, 4.69) is 0 Å². The molecule has 4 heteroatoms. The molecule has 0 saturated heterocycles. The highest BCUT2D eigenvalue weighted by atomic mass is 16.3. The van der Waals surface area contributed by atoms with Crippen molar-refractivity contribution in [3.05, 3.63) is 30.3 Å². The van der Waals surface area contributed by atoms with Crippen molar-refractivity contribution in [3.8, 4) is 0 Å². The fourth-order valence-electron chi connectivity index (χ4n) is 2.13. The fraction of sp³-hybridized carbons (Fsp3) is 0.385. The molecule has 1 aromatic carbocycles. The molecule has 1 aromatic rings. The zero-order valence-corrected chi connectivity index (χ0v) is 9.88. The monoisotopic (exact) mass is 233 g/mol. The van der Waals surface area contributed by atoms with Crippen LogP contribution in [0, 0.1) is 0 Å². The van der Waals surface area contributed by atoms with Gasteiger partial charge in [0.05, 0.1) is 6.04 Å². The number of para-hydroxylation sites is 1. The van der Waals surface area contributed by atoms with Gasteiger partial charge in [0, 0.05) is 19.2 Å². The molecule has 0 spiro atoms. The van der Waals surface area contributed by atoms with Crippen LogP contribution < -0.4 is 4.90 Å². The van der Waals surface area contributed by atoms with Gasteiger partial charge in [-0.1, -0.05) is 18.2 Å². The summed E-state index contributed by atoms with van der Waals surface area (Å²) < 4.78 is 0. The predicted octanol–water partition coefficient (Wildman–Crippen LogP) is 0.784. The number of carbonyl (C=O) groups is 2. The normalized spacial score (nSPS) is 28.5. The largest absolute Gasteiger partial charge is 0.382 e. The van der Waals surface area contributed by atoms with Crippen LogP contribution in [0.3, 0.4) is 0 Å². The van der Waals surface area contributed by atoms with Crippen molar-refractivity contribution < 1.29 is 14.7 Å². The summed E-state index contributed by atoms with van der Waals surface area (Å²) in [7, 11) is 1.76. The average molecular weight is 233 g/mol. The summed E-state index contributed by atoms with van der Waals surface area (Å²) in [5.74, 6) is -1.20. The van der Waals surface area contributed by atoms with Crippen molar-refractivity contribution in [1.29, 1.82) is 0 Å². The second-order valence-corrected chi connectivity index (χ2v) is 4.63. The molecule has 0 amide bonds. The van der Waals surface area contributed by atoms with Gasteiger partial charge in [0.1, 0.15) is 5.60 Å². The molecule has 0 radical (unpaired) electrons. The van der Waals surface area contributed by atoms with Gasteiger partial charge in [0.25, 0.3) is 0 Å². The highest BCUT2D eigenvalue weighted by Gasteiger charge is 2.50. The molecule has 4 nitrogen and oxygen atoms in total. The third-order valence-electron chi connectivity index (χ3n) is 3.24. The Bertz CT molecular complexity index is 453. The minimum Gasteiger partial charge on any atom is -0.382 e. The smallest absolute Gasteiger partial charge is 0.231 e. The van der Waals surface area contributed by atoms with Crippen LogP contribution in [0.4, 0.5) is 5.69 Å². The molecular weight excluding hydrogens is 218 g/mol. The lowest BCUT2D eigenvalue weighted by molar-refractivity contribution is -0.142. The van der Waals surface area contributed by atoms with Crippen LogP contribution in [0.2, 0.25) is 0 Å². The maximum absolute atomic E-state index is 11.8. The van der Waals surface area contributed by atoms with Crippen molar-refractivity contribution in [3.63, 3.8) is 0 Å². The van der Waals surface area contributed by atoms with Crippen molar-refractivity contribution in [1.82, 2.24) is 0 Å². The number of benzene rings is 1. The number of hydrogen-bond donors (Lipinski definition) is 1. The van der Waals surface area contributed by atoms with E-state index in [1.165, 1.54) is 6.92 Å². The average Bonchev–Trinajstić information content (AvgIpc) is 2.53. The number of Topliss-reactive ketones (excluding diaryl/α,β-unsaturated/α-hetero) is 2. The summed E-state index contributed by atoms with van der Waals surface area (Å²) in [6.45, 7) is 1.39. The van der Waals surface area contributed by atoms with E-state index in [9.17, 15) is 14.7 Å². The van der Waals surface area contributed by atoms with Gasteiger partial charge < -0.3 is 10.0 Å². The van der Waals surface area contributed by atoms with E-state index in [-0.39, 0.29) is 6.42 Å². The van der Waals surface area contributed by atoms with Crippen LogP contribution in [-0.4, -0.2) is 35.4 Å². The lowest BCUT2D eigenvalue weighted by atomic mass is 10.0. The van der Waals surface area contributed by atoms with Crippen molar-refractivity contribution in [2.75, 3.05) is 11.9 Å². The van der Waals surface area contributed by atoms with Gasteiger partial charge in [-0.05, 0) is 19.1 Å². The zero-order chi connectivity index (χ0) is 12.6. The van der Waals surface area contributed by atoms with Crippen LogP contribution in [0.1, 0.15) is 13.3 Å². The van der Waals surface area contributed by atoms with E-state index in [0.29, 0.717) is 0 Å². The summed E-state index contributed by atoms with van der Waals surface area (Å²) in [5.41, 5.74) is -0.665.